The lowest BCUT2D eigenvalue weighted by Gasteiger charge is -2.56. The van der Waals surface area contributed by atoms with Crippen LogP contribution in [0.25, 0.3) is 0 Å². The van der Waals surface area contributed by atoms with Crippen molar-refractivity contribution in [3.8, 4) is 0 Å². The van der Waals surface area contributed by atoms with Gasteiger partial charge in [-0.15, -0.1) is 0 Å². The van der Waals surface area contributed by atoms with Gasteiger partial charge in [0.1, 0.15) is 0 Å². The molecule has 118 valence electrons. The van der Waals surface area contributed by atoms with Crippen LogP contribution in [0, 0.1) is 29.1 Å². The number of nitrogens with two attached hydrogens (primary N) is 1. The maximum atomic E-state index is 12.6. The first-order chi connectivity index (χ1) is 10.2. The summed E-state index contributed by atoms with van der Waals surface area (Å²) >= 11 is 0. The maximum absolute atomic E-state index is 12.6. The molecule has 4 bridgehead atoms. The monoisotopic (exact) mass is 290 g/mol. The molecule has 5 saturated carbocycles. The fourth-order valence-corrected chi connectivity index (χ4v) is 6.61. The van der Waals surface area contributed by atoms with Crippen molar-refractivity contribution in [2.75, 3.05) is 6.54 Å². The van der Waals surface area contributed by atoms with E-state index in [1.807, 2.05) is 0 Å². The van der Waals surface area contributed by atoms with Crippen molar-refractivity contribution in [3.05, 3.63) is 0 Å². The Labute approximate surface area is 128 Å². The summed E-state index contributed by atoms with van der Waals surface area (Å²) in [5.74, 6) is 3.65. The maximum Gasteiger partial charge on any atom is 0.220 e. The molecule has 0 aromatic carbocycles. The van der Waals surface area contributed by atoms with Gasteiger partial charge in [-0.1, -0.05) is 6.42 Å². The minimum Gasteiger partial charge on any atom is -0.353 e. The topological polar surface area (TPSA) is 55.1 Å². The average Bonchev–Trinajstić information content (AvgIpc) is 2.83. The summed E-state index contributed by atoms with van der Waals surface area (Å²) in [5.41, 5.74) is 6.21. The Hall–Kier alpha value is -0.570. The summed E-state index contributed by atoms with van der Waals surface area (Å²) in [5, 5.41) is 3.34. The van der Waals surface area contributed by atoms with Crippen LogP contribution < -0.4 is 11.1 Å². The summed E-state index contributed by atoms with van der Waals surface area (Å²) in [6, 6.07) is 0.358. The van der Waals surface area contributed by atoms with Crippen LogP contribution in [0.2, 0.25) is 0 Å². The molecule has 3 N–H and O–H groups in total. The molecule has 5 aliphatic rings. The Morgan fingerprint density at radius 2 is 1.67 bits per heavy atom. The first-order valence-electron chi connectivity index (χ1n) is 9.15. The van der Waals surface area contributed by atoms with E-state index in [4.69, 9.17) is 5.73 Å². The molecule has 0 aromatic rings. The Morgan fingerprint density at radius 1 is 1.05 bits per heavy atom. The van der Waals surface area contributed by atoms with Gasteiger partial charge >= 0.3 is 0 Å². The zero-order chi connectivity index (χ0) is 14.4. The number of rotatable bonds is 4. The first-order valence-corrected chi connectivity index (χ1v) is 9.15. The van der Waals surface area contributed by atoms with Crippen molar-refractivity contribution in [2.24, 2.45) is 34.8 Å². The van der Waals surface area contributed by atoms with Gasteiger partial charge in [0, 0.05) is 12.5 Å². The summed E-state index contributed by atoms with van der Waals surface area (Å²) < 4.78 is 0. The van der Waals surface area contributed by atoms with Crippen molar-refractivity contribution in [1.29, 1.82) is 0 Å². The summed E-state index contributed by atoms with van der Waals surface area (Å²) in [4.78, 5) is 12.6. The highest BCUT2D eigenvalue weighted by Crippen LogP contribution is 2.61. The largest absolute Gasteiger partial charge is 0.353 e. The van der Waals surface area contributed by atoms with E-state index in [-0.39, 0.29) is 0 Å². The molecular weight excluding hydrogens is 260 g/mol. The van der Waals surface area contributed by atoms with Crippen LogP contribution in [0.1, 0.15) is 64.2 Å². The molecule has 2 unspecified atom stereocenters. The Morgan fingerprint density at radius 3 is 2.24 bits per heavy atom. The molecule has 5 rings (SSSR count). The zero-order valence-corrected chi connectivity index (χ0v) is 13.2. The second kappa shape index (κ2) is 5.26. The molecule has 0 aromatic heterocycles. The van der Waals surface area contributed by atoms with E-state index >= 15 is 0 Å². The van der Waals surface area contributed by atoms with Crippen molar-refractivity contribution in [1.82, 2.24) is 5.32 Å². The number of hydrogen-bond donors (Lipinski definition) is 2. The number of nitrogens with one attached hydrogen (secondary N) is 1. The number of carbonyl (C=O) groups is 1. The van der Waals surface area contributed by atoms with Gasteiger partial charge in [0.05, 0.1) is 0 Å². The minimum absolute atomic E-state index is 0.322. The highest BCUT2D eigenvalue weighted by Gasteiger charge is 2.51. The Balaban J connectivity index is 1.38. The quantitative estimate of drug-likeness (QED) is 0.836. The molecule has 21 heavy (non-hydrogen) atoms. The number of amides is 1. The smallest absolute Gasteiger partial charge is 0.220 e. The molecule has 0 saturated heterocycles. The molecule has 5 aliphatic carbocycles. The summed E-state index contributed by atoms with van der Waals surface area (Å²) in [6.07, 6.45) is 12.7. The molecule has 3 heteroatoms. The molecular formula is C18H30N2O. The molecule has 0 radical (unpaired) electrons. The normalized spacial score (nSPS) is 47.8. The number of carbonyl (C=O) groups excluding carboxylic acids is 1. The van der Waals surface area contributed by atoms with Gasteiger partial charge in [-0.25, -0.2) is 0 Å². The molecule has 0 spiro atoms. The van der Waals surface area contributed by atoms with Gasteiger partial charge in [-0.3, -0.25) is 4.79 Å². The van der Waals surface area contributed by atoms with Crippen LogP contribution in [0.5, 0.6) is 0 Å². The second-order valence-corrected chi connectivity index (χ2v) is 8.70. The minimum atomic E-state index is 0.322. The van der Waals surface area contributed by atoms with E-state index in [0.717, 1.165) is 37.1 Å². The predicted octanol–water partition coefficient (Wildman–Crippen LogP) is 2.84. The van der Waals surface area contributed by atoms with Gasteiger partial charge in [-0.05, 0) is 87.0 Å². The molecule has 0 heterocycles. The van der Waals surface area contributed by atoms with E-state index in [1.54, 1.807) is 0 Å². The molecule has 5 fully saturated rings. The Kier molecular flexibility index (Phi) is 3.52. The predicted molar refractivity (Wildman–Crippen MR) is 83.5 cm³/mol. The van der Waals surface area contributed by atoms with Gasteiger partial charge < -0.3 is 11.1 Å². The molecule has 2 atom stereocenters. The third kappa shape index (κ3) is 2.62. The van der Waals surface area contributed by atoms with Crippen LogP contribution >= 0.6 is 0 Å². The second-order valence-electron chi connectivity index (χ2n) is 8.70. The molecule has 1 amide bonds. The van der Waals surface area contributed by atoms with E-state index in [2.05, 4.69) is 5.32 Å². The highest BCUT2D eigenvalue weighted by molar-refractivity contribution is 5.77. The van der Waals surface area contributed by atoms with Crippen molar-refractivity contribution in [2.45, 2.75) is 70.3 Å². The van der Waals surface area contributed by atoms with Crippen LogP contribution in [-0.2, 0) is 4.79 Å². The van der Waals surface area contributed by atoms with Crippen molar-refractivity contribution < 1.29 is 4.79 Å². The first kappa shape index (κ1) is 14.0. The fourth-order valence-electron chi connectivity index (χ4n) is 6.61. The number of hydrogen-bond acceptors (Lipinski definition) is 2. The van der Waals surface area contributed by atoms with Gasteiger partial charge in [0.25, 0.3) is 0 Å². The van der Waals surface area contributed by atoms with Crippen LogP contribution in [-0.4, -0.2) is 18.5 Å². The van der Waals surface area contributed by atoms with Gasteiger partial charge in [0.15, 0.2) is 0 Å². The van der Waals surface area contributed by atoms with Gasteiger partial charge in [0.2, 0.25) is 5.91 Å². The SMILES string of the molecule is NCC1CCCC1NC(=O)CC12CC3CC(CC(C3)C1)C2. The van der Waals surface area contributed by atoms with E-state index in [0.29, 0.717) is 23.3 Å². The summed E-state index contributed by atoms with van der Waals surface area (Å²) in [7, 11) is 0. The standard InChI is InChI=1S/C18H30N2O/c19-11-15-2-1-3-16(15)20-17(21)10-18-7-12-4-13(8-18)6-14(5-12)9-18/h12-16H,1-11,19H2,(H,20,21). The van der Waals surface area contributed by atoms with Crippen LogP contribution in [0.15, 0.2) is 0 Å². The molecule has 0 aliphatic heterocycles. The third-order valence-corrected chi connectivity index (χ3v) is 7.01. The van der Waals surface area contributed by atoms with Crippen LogP contribution in [0.3, 0.4) is 0 Å². The lowest BCUT2D eigenvalue weighted by Crippen LogP contribution is -2.49. The van der Waals surface area contributed by atoms with E-state index in [9.17, 15) is 4.79 Å². The lowest BCUT2D eigenvalue weighted by molar-refractivity contribution is -0.130. The lowest BCUT2D eigenvalue weighted by atomic mass is 9.49. The third-order valence-electron chi connectivity index (χ3n) is 7.01. The van der Waals surface area contributed by atoms with Crippen LogP contribution in [0.4, 0.5) is 0 Å². The average molecular weight is 290 g/mol. The Bertz CT molecular complexity index is 384. The van der Waals surface area contributed by atoms with E-state index < -0.39 is 0 Å². The van der Waals surface area contributed by atoms with Crippen molar-refractivity contribution in [3.63, 3.8) is 0 Å². The molecule has 3 nitrogen and oxygen atoms in total. The zero-order valence-electron chi connectivity index (χ0n) is 13.2. The fraction of sp³-hybridized carbons (Fsp3) is 0.944. The summed E-state index contributed by atoms with van der Waals surface area (Å²) in [6.45, 7) is 0.725. The highest BCUT2D eigenvalue weighted by atomic mass is 16.1. The van der Waals surface area contributed by atoms with E-state index in [1.165, 1.54) is 51.4 Å². The van der Waals surface area contributed by atoms with Gasteiger partial charge in [-0.2, -0.15) is 0 Å². The van der Waals surface area contributed by atoms with Crippen molar-refractivity contribution >= 4 is 5.91 Å².